The highest BCUT2D eigenvalue weighted by Crippen LogP contribution is 2.24. The maximum atomic E-state index is 13.1. The van der Waals surface area contributed by atoms with Crippen LogP contribution in [0.25, 0.3) is 5.82 Å². The normalized spacial score (nSPS) is 17.5. The summed E-state index contributed by atoms with van der Waals surface area (Å²) < 4.78 is 25.1. The molecule has 3 aromatic rings. The van der Waals surface area contributed by atoms with Crippen molar-refractivity contribution in [1.29, 1.82) is 0 Å². The number of pyridine rings is 1. The van der Waals surface area contributed by atoms with E-state index in [2.05, 4.69) is 20.4 Å². The molecule has 0 spiro atoms. The summed E-state index contributed by atoms with van der Waals surface area (Å²) in [5.41, 5.74) is 1.36. The van der Waals surface area contributed by atoms with Gasteiger partial charge in [0.15, 0.2) is 15.7 Å². The predicted molar refractivity (Wildman–Crippen MR) is 107 cm³/mol. The summed E-state index contributed by atoms with van der Waals surface area (Å²) in [6, 6.07) is 12.3. The molecule has 0 aliphatic carbocycles. The molecule has 1 atom stereocenters. The minimum absolute atomic E-state index is 0.0533. The molecular formula is C19H20N6O3S. The second kappa shape index (κ2) is 8.10. The highest BCUT2D eigenvalue weighted by atomic mass is 32.2. The third-order valence-corrected chi connectivity index (χ3v) is 6.39. The molecule has 1 aromatic carbocycles. The Balaban J connectivity index is 1.54. The predicted octanol–water partition coefficient (Wildman–Crippen LogP) is 1.07. The third-order valence-electron chi connectivity index (χ3n) is 4.78. The van der Waals surface area contributed by atoms with E-state index in [1.807, 2.05) is 35.2 Å². The number of aromatic nitrogens is 4. The van der Waals surface area contributed by atoms with Crippen LogP contribution in [0, 0.1) is 0 Å². The molecular weight excluding hydrogens is 392 g/mol. The van der Waals surface area contributed by atoms with Crippen molar-refractivity contribution in [3.63, 3.8) is 0 Å². The highest BCUT2D eigenvalue weighted by Gasteiger charge is 2.32. The van der Waals surface area contributed by atoms with Crippen molar-refractivity contribution >= 4 is 21.4 Å². The van der Waals surface area contributed by atoms with Gasteiger partial charge in [-0.1, -0.05) is 30.3 Å². The zero-order valence-corrected chi connectivity index (χ0v) is 16.4. The topological polar surface area (TPSA) is 110 Å². The van der Waals surface area contributed by atoms with Gasteiger partial charge in [0.25, 0.3) is 0 Å². The second-order valence-corrected chi connectivity index (χ2v) is 9.04. The first-order chi connectivity index (χ1) is 14.0. The fraction of sp³-hybridized carbons (Fsp3) is 0.263. The number of carbonyl (C=O) groups excluding carboxylic acids is 1. The summed E-state index contributed by atoms with van der Waals surface area (Å²) in [6.07, 6.45) is 4.51. The quantitative estimate of drug-likeness (QED) is 0.667. The molecule has 1 aliphatic rings. The summed E-state index contributed by atoms with van der Waals surface area (Å²) in [6.45, 7) is 0.637. The van der Waals surface area contributed by atoms with Gasteiger partial charge in [0, 0.05) is 13.1 Å². The van der Waals surface area contributed by atoms with E-state index in [4.69, 9.17) is 0 Å². The van der Waals surface area contributed by atoms with E-state index in [0.29, 0.717) is 24.6 Å². The molecule has 1 N–H and O–H groups in total. The first-order valence-corrected chi connectivity index (χ1v) is 11.0. The summed E-state index contributed by atoms with van der Waals surface area (Å²) in [5.74, 6) is 0.461. The number of nitrogens with zero attached hydrogens (tertiary/aromatic N) is 5. The SMILES string of the molecule is O=C(Nc1ccc(-n2cncn2)nc1)C(c1ccccc1)N1CCS(=O)(=O)CC1. The number of nitrogens with one attached hydrogen (secondary N) is 1. The maximum absolute atomic E-state index is 13.1. The fourth-order valence-electron chi connectivity index (χ4n) is 3.28. The zero-order chi connectivity index (χ0) is 20.3. The minimum atomic E-state index is -3.04. The molecule has 150 valence electrons. The van der Waals surface area contributed by atoms with Crippen molar-refractivity contribution in [2.75, 3.05) is 29.9 Å². The van der Waals surface area contributed by atoms with Gasteiger partial charge in [0.05, 0.1) is 23.4 Å². The Labute approximate surface area is 168 Å². The van der Waals surface area contributed by atoms with E-state index in [9.17, 15) is 13.2 Å². The zero-order valence-electron chi connectivity index (χ0n) is 15.5. The first-order valence-electron chi connectivity index (χ1n) is 9.13. The Bertz CT molecular complexity index is 1050. The third kappa shape index (κ3) is 4.49. The van der Waals surface area contributed by atoms with E-state index in [1.165, 1.54) is 17.3 Å². The van der Waals surface area contributed by atoms with Crippen LogP contribution in [0.5, 0.6) is 0 Å². The van der Waals surface area contributed by atoms with Crippen LogP contribution in [-0.4, -0.2) is 63.6 Å². The van der Waals surface area contributed by atoms with Gasteiger partial charge in [-0.3, -0.25) is 9.69 Å². The van der Waals surface area contributed by atoms with Crippen LogP contribution in [0.2, 0.25) is 0 Å². The van der Waals surface area contributed by atoms with Crippen molar-refractivity contribution in [1.82, 2.24) is 24.6 Å². The molecule has 9 nitrogen and oxygen atoms in total. The Morgan fingerprint density at radius 2 is 1.83 bits per heavy atom. The molecule has 3 heterocycles. The second-order valence-electron chi connectivity index (χ2n) is 6.74. The van der Waals surface area contributed by atoms with Crippen molar-refractivity contribution in [2.24, 2.45) is 0 Å². The number of hydrogen-bond acceptors (Lipinski definition) is 7. The monoisotopic (exact) mass is 412 g/mol. The average molecular weight is 412 g/mol. The summed E-state index contributed by atoms with van der Waals surface area (Å²) in [5, 5.41) is 6.91. The van der Waals surface area contributed by atoms with E-state index in [1.54, 1.807) is 18.3 Å². The molecule has 29 heavy (non-hydrogen) atoms. The smallest absolute Gasteiger partial charge is 0.246 e. The number of anilines is 1. The molecule has 1 aliphatic heterocycles. The molecule has 1 amide bonds. The Morgan fingerprint density at radius 1 is 1.07 bits per heavy atom. The Kier molecular flexibility index (Phi) is 5.36. The minimum Gasteiger partial charge on any atom is -0.323 e. The van der Waals surface area contributed by atoms with Crippen LogP contribution >= 0.6 is 0 Å². The summed E-state index contributed by atoms with van der Waals surface area (Å²) in [7, 11) is -3.04. The lowest BCUT2D eigenvalue weighted by Crippen LogP contribution is -2.46. The lowest BCUT2D eigenvalue weighted by molar-refractivity contribution is -0.121. The largest absolute Gasteiger partial charge is 0.323 e. The van der Waals surface area contributed by atoms with Crippen molar-refractivity contribution in [3.8, 4) is 5.82 Å². The number of sulfone groups is 1. The summed E-state index contributed by atoms with van der Waals surface area (Å²) >= 11 is 0. The number of benzene rings is 1. The molecule has 0 saturated carbocycles. The molecule has 1 fully saturated rings. The molecule has 1 unspecified atom stereocenters. The van der Waals surface area contributed by atoms with Crippen molar-refractivity contribution in [3.05, 3.63) is 66.9 Å². The Hall–Kier alpha value is -3.11. The van der Waals surface area contributed by atoms with E-state index in [0.717, 1.165) is 5.56 Å². The van der Waals surface area contributed by atoms with Gasteiger partial charge in [-0.05, 0) is 17.7 Å². The van der Waals surface area contributed by atoms with E-state index < -0.39 is 15.9 Å². The molecule has 1 saturated heterocycles. The summed E-state index contributed by atoms with van der Waals surface area (Å²) in [4.78, 5) is 23.2. The molecule has 0 bridgehead atoms. The average Bonchev–Trinajstić information content (AvgIpc) is 3.26. The number of carbonyl (C=O) groups is 1. The first kappa shape index (κ1) is 19.2. The van der Waals surface area contributed by atoms with E-state index in [-0.39, 0.29) is 17.4 Å². The molecule has 10 heteroatoms. The number of rotatable bonds is 5. The Morgan fingerprint density at radius 3 is 2.45 bits per heavy atom. The van der Waals surface area contributed by atoms with Crippen molar-refractivity contribution in [2.45, 2.75) is 6.04 Å². The van der Waals surface area contributed by atoms with Crippen LogP contribution in [0.15, 0.2) is 61.3 Å². The standard InChI is InChI=1S/C19H20N6O3S/c26-19(23-16-6-7-17(21-12-16)25-14-20-13-22-25)18(15-4-2-1-3-5-15)24-8-10-29(27,28)11-9-24/h1-7,12-14,18H,8-11H2,(H,23,26). The maximum Gasteiger partial charge on any atom is 0.246 e. The molecule has 4 rings (SSSR count). The molecule has 2 aromatic heterocycles. The van der Waals surface area contributed by atoms with Gasteiger partial charge in [-0.15, -0.1) is 0 Å². The lowest BCUT2D eigenvalue weighted by Gasteiger charge is -2.33. The van der Waals surface area contributed by atoms with E-state index >= 15 is 0 Å². The van der Waals surface area contributed by atoms with Gasteiger partial charge < -0.3 is 5.32 Å². The van der Waals surface area contributed by atoms with Gasteiger partial charge in [-0.25, -0.2) is 23.1 Å². The van der Waals surface area contributed by atoms with Crippen molar-refractivity contribution < 1.29 is 13.2 Å². The van der Waals surface area contributed by atoms with Crippen LogP contribution < -0.4 is 5.32 Å². The lowest BCUT2D eigenvalue weighted by atomic mass is 10.0. The van der Waals surface area contributed by atoms with Gasteiger partial charge in [0.1, 0.15) is 18.7 Å². The fourth-order valence-corrected chi connectivity index (χ4v) is 4.51. The van der Waals surface area contributed by atoms with Gasteiger partial charge in [0.2, 0.25) is 5.91 Å². The van der Waals surface area contributed by atoms with Crippen LogP contribution in [0.3, 0.4) is 0 Å². The van der Waals surface area contributed by atoms with Crippen LogP contribution in [-0.2, 0) is 14.6 Å². The number of amides is 1. The molecule has 0 radical (unpaired) electrons. The van der Waals surface area contributed by atoms with Crippen LogP contribution in [0.4, 0.5) is 5.69 Å². The highest BCUT2D eigenvalue weighted by molar-refractivity contribution is 7.91. The van der Waals surface area contributed by atoms with Crippen LogP contribution in [0.1, 0.15) is 11.6 Å². The van der Waals surface area contributed by atoms with Gasteiger partial charge in [-0.2, -0.15) is 5.10 Å². The number of hydrogen-bond donors (Lipinski definition) is 1. The van der Waals surface area contributed by atoms with Gasteiger partial charge >= 0.3 is 0 Å².